The van der Waals surface area contributed by atoms with E-state index >= 15 is 0 Å². The van der Waals surface area contributed by atoms with Crippen LogP contribution in [0.25, 0.3) is 11.1 Å². The molecule has 0 fully saturated rings. The maximum absolute atomic E-state index is 6.47. The van der Waals surface area contributed by atoms with Crippen LogP contribution in [-0.4, -0.2) is 14.2 Å². The zero-order chi connectivity index (χ0) is 15.6. The third-order valence-electron chi connectivity index (χ3n) is 3.43. The highest BCUT2D eigenvalue weighted by molar-refractivity contribution is 6.44. The molecule has 2 rings (SSSR count). The normalized spacial score (nSPS) is 10.8. The van der Waals surface area contributed by atoms with Crippen LogP contribution in [0.1, 0.15) is 25.3 Å². The summed E-state index contributed by atoms with van der Waals surface area (Å²) in [6.07, 6.45) is 0. The molecule has 0 aliphatic heterocycles. The van der Waals surface area contributed by atoms with Crippen molar-refractivity contribution in [3.05, 3.63) is 45.9 Å². The van der Waals surface area contributed by atoms with Gasteiger partial charge in [-0.2, -0.15) is 0 Å². The Morgan fingerprint density at radius 1 is 0.857 bits per heavy atom. The Kier molecular flexibility index (Phi) is 5.02. The van der Waals surface area contributed by atoms with Crippen molar-refractivity contribution in [2.45, 2.75) is 19.8 Å². The van der Waals surface area contributed by atoms with Gasteiger partial charge in [0.2, 0.25) is 0 Å². The van der Waals surface area contributed by atoms with Gasteiger partial charge in [0.05, 0.1) is 24.3 Å². The lowest BCUT2D eigenvalue weighted by Gasteiger charge is -2.16. The van der Waals surface area contributed by atoms with Crippen molar-refractivity contribution in [3.63, 3.8) is 0 Å². The molecule has 0 spiro atoms. The minimum absolute atomic E-state index is 0.316. The van der Waals surface area contributed by atoms with Gasteiger partial charge >= 0.3 is 0 Å². The summed E-state index contributed by atoms with van der Waals surface area (Å²) in [7, 11) is 3.26. The van der Waals surface area contributed by atoms with Crippen molar-refractivity contribution in [2.24, 2.45) is 0 Å². The molecule has 2 nitrogen and oxygen atoms in total. The first-order valence-electron chi connectivity index (χ1n) is 6.69. The lowest BCUT2D eigenvalue weighted by molar-refractivity contribution is 0.404. The van der Waals surface area contributed by atoms with Gasteiger partial charge in [0.25, 0.3) is 0 Å². The Hall–Kier alpha value is -1.38. The number of hydrogen-bond donors (Lipinski definition) is 0. The van der Waals surface area contributed by atoms with Crippen LogP contribution in [0.3, 0.4) is 0 Å². The van der Waals surface area contributed by atoms with E-state index in [9.17, 15) is 0 Å². The summed E-state index contributed by atoms with van der Waals surface area (Å²) >= 11 is 12.9. The standard InChI is InChI=1S/C17H18Cl2O2/c1-10(2)12-6-7-13(17(19)16(12)18)14-9-11(20-3)5-8-15(14)21-4/h5-10H,1-4H3. The molecular formula is C17H18Cl2O2. The molecule has 0 saturated heterocycles. The van der Waals surface area contributed by atoms with Crippen molar-refractivity contribution in [2.75, 3.05) is 14.2 Å². The Morgan fingerprint density at radius 2 is 1.57 bits per heavy atom. The summed E-state index contributed by atoms with van der Waals surface area (Å²) in [4.78, 5) is 0. The fourth-order valence-electron chi connectivity index (χ4n) is 2.24. The van der Waals surface area contributed by atoms with Gasteiger partial charge < -0.3 is 9.47 Å². The van der Waals surface area contributed by atoms with Crippen molar-refractivity contribution < 1.29 is 9.47 Å². The molecule has 0 aliphatic carbocycles. The summed E-state index contributed by atoms with van der Waals surface area (Å²) in [6.45, 7) is 4.17. The van der Waals surface area contributed by atoms with E-state index < -0.39 is 0 Å². The quantitative estimate of drug-likeness (QED) is 0.707. The number of benzene rings is 2. The number of rotatable bonds is 4. The number of hydrogen-bond acceptors (Lipinski definition) is 2. The molecule has 0 atom stereocenters. The van der Waals surface area contributed by atoms with Gasteiger partial charge in [-0.1, -0.05) is 49.2 Å². The first kappa shape index (κ1) is 16.0. The molecule has 2 aromatic carbocycles. The second-order valence-electron chi connectivity index (χ2n) is 5.05. The maximum Gasteiger partial charge on any atom is 0.127 e. The van der Waals surface area contributed by atoms with E-state index in [-0.39, 0.29) is 0 Å². The fourth-order valence-corrected chi connectivity index (χ4v) is 2.90. The third kappa shape index (κ3) is 3.12. The lowest BCUT2D eigenvalue weighted by atomic mass is 9.97. The van der Waals surface area contributed by atoms with Crippen LogP contribution < -0.4 is 9.47 Å². The molecule has 0 aromatic heterocycles. The van der Waals surface area contributed by atoms with Crippen molar-refractivity contribution in [1.29, 1.82) is 0 Å². The largest absolute Gasteiger partial charge is 0.497 e. The Balaban J connectivity index is 2.64. The SMILES string of the molecule is COc1ccc(OC)c(-c2ccc(C(C)C)c(Cl)c2Cl)c1. The minimum atomic E-state index is 0.316. The van der Waals surface area contributed by atoms with Crippen LogP contribution in [0.5, 0.6) is 11.5 Å². The summed E-state index contributed by atoms with van der Waals surface area (Å²) in [5, 5.41) is 1.13. The molecule has 112 valence electrons. The smallest absolute Gasteiger partial charge is 0.127 e. The van der Waals surface area contributed by atoms with Gasteiger partial charge in [0, 0.05) is 11.1 Å². The maximum atomic E-state index is 6.47. The molecule has 0 saturated carbocycles. The summed E-state index contributed by atoms with van der Waals surface area (Å²) in [5.74, 6) is 1.79. The minimum Gasteiger partial charge on any atom is -0.497 e. The van der Waals surface area contributed by atoms with Gasteiger partial charge in [-0.15, -0.1) is 0 Å². The Labute approximate surface area is 135 Å². The molecule has 0 heterocycles. The number of halogens is 2. The molecule has 4 heteroatoms. The molecular weight excluding hydrogens is 307 g/mol. The van der Waals surface area contributed by atoms with Gasteiger partial charge in [-0.05, 0) is 29.7 Å². The monoisotopic (exact) mass is 324 g/mol. The predicted molar refractivity (Wildman–Crippen MR) is 89.1 cm³/mol. The molecule has 21 heavy (non-hydrogen) atoms. The van der Waals surface area contributed by atoms with Crippen LogP contribution in [0, 0.1) is 0 Å². The van der Waals surface area contributed by atoms with E-state index in [2.05, 4.69) is 13.8 Å². The summed E-state index contributed by atoms with van der Waals surface area (Å²) in [6, 6.07) is 9.58. The van der Waals surface area contributed by atoms with E-state index in [0.717, 1.165) is 28.2 Å². The summed E-state index contributed by atoms with van der Waals surface area (Å²) in [5.41, 5.74) is 2.73. The molecule has 0 N–H and O–H groups in total. The number of ether oxygens (including phenoxy) is 2. The lowest BCUT2D eigenvalue weighted by Crippen LogP contribution is -1.94. The second kappa shape index (κ2) is 6.59. The second-order valence-corrected chi connectivity index (χ2v) is 5.81. The Bertz CT molecular complexity index is 651. The highest BCUT2D eigenvalue weighted by Crippen LogP contribution is 2.42. The summed E-state index contributed by atoms with van der Waals surface area (Å²) < 4.78 is 10.7. The van der Waals surface area contributed by atoms with E-state index in [1.165, 1.54) is 0 Å². The van der Waals surface area contributed by atoms with Crippen LogP contribution in [0.2, 0.25) is 10.0 Å². The van der Waals surface area contributed by atoms with Crippen LogP contribution in [0.4, 0.5) is 0 Å². The molecule has 0 aliphatic rings. The van der Waals surface area contributed by atoms with Crippen molar-refractivity contribution in [1.82, 2.24) is 0 Å². The van der Waals surface area contributed by atoms with E-state index in [4.69, 9.17) is 32.7 Å². The van der Waals surface area contributed by atoms with Crippen molar-refractivity contribution >= 4 is 23.2 Å². The van der Waals surface area contributed by atoms with Gasteiger partial charge in [-0.25, -0.2) is 0 Å². The molecule has 0 amide bonds. The van der Waals surface area contributed by atoms with Crippen LogP contribution in [0.15, 0.2) is 30.3 Å². The molecule has 0 unspecified atom stereocenters. The zero-order valence-corrected chi connectivity index (χ0v) is 14.0. The van der Waals surface area contributed by atoms with Crippen LogP contribution >= 0.6 is 23.2 Å². The zero-order valence-electron chi connectivity index (χ0n) is 12.5. The topological polar surface area (TPSA) is 18.5 Å². The average Bonchev–Trinajstić information content (AvgIpc) is 2.49. The highest BCUT2D eigenvalue weighted by atomic mass is 35.5. The predicted octanol–water partition coefficient (Wildman–Crippen LogP) is 5.80. The highest BCUT2D eigenvalue weighted by Gasteiger charge is 2.16. The van der Waals surface area contributed by atoms with Gasteiger partial charge in [-0.3, -0.25) is 0 Å². The first-order valence-corrected chi connectivity index (χ1v) is 7.45. The Morgan fingerprint density at radius 3 is 2.14 bits per heavy atom. The average molecular weight is 325 g/mol. The first-order chi connectivity index (χ1) is 9.99. The fraction of sp³-hybridized carbons (Fsp3) is 0.294. The van der Waals surface area contributed by atoms with E-state index in [0.29, 0.717) is 16.0 Å². The number of methoxy groups -OCH3 is 2. The van der Waals surface area contributed by atoms with Gasteiger partial charge in [0.1, 0.15) is 11.5 Å². The van der Waals surface area contributed by atoms with Crippen LogP contribution in [-0.2, 0) is 0 Å². The van der Waals surface area contributed by atoms with Crippen molar-refractivity contribution in [3.8, 4) is 22.6 Å². The van der Waals surface area contributed by atoms with Gasteiger partial charge in [0.15, 0.2) is 0 Å². The van der Waals surface area contributed by atoms with E-state index in [1.54, 1.807) is 14.2 Å². The molecule has 2 aromatic rings. The van der Waals surface area contributed by atoms with E-state index in [1.807, 2.05) is 30.3 Å². The molecule has 0 bridgehead atoms. The third-order valence-corrected chi connectivity index (χ3v) is 4.33. The molecule has 0 radical (unpaired) electrons.